The number of halogens is 1. The van der Waals surface area contributed by atoms with Gasteiger partial charge in [0.25, 0.3) is 0 Å². The molecule has 1 N–H and O–H groups in total. The summed E-state index contributed by atoms with van der Waals surface area (Å²) < 4.78 is 40.9. The molecule has 5 rings (SSSR count). The van der Waals surface area contributed by atoms with Crippen LogP contribution in [0.1, 0.15) is 39.5 Å². The highest BCUT2D eigenvalue weighted by Gasteiger charge is 2.53. The average Bonchev–Trinajstić information content (AvgIpc) is 3.16. The van der Waals surface area contributed by atoms with E-state index < -0.39 is 21.3 Å². The Balaban J connectivity index is 1.49. The van der Waals surface area contributed by atoms with Gasteiger partial charge in [0.05, 0.1) is 11.4 Å². The van der Waals surface area contributed by atoms with Crippen molar-refractivity contribution in [2.75, 3.05) is 19.6 Å². The van der Waals surface area contributed by atoms with Crippen molar-refractivity contribution >= 4 is 15.8 Å². The minimum atomic E-state index is -3.73. The molecule has 1 aromatic rings. The number of dihydropyridines is 1. The number of nitrogens with zero attached hydrogens (tertiary/aromatic N) is 3. The normalized spacial score (nSPS) is 24.9. The lowest BCUT2D eigenvalue weighted by molar-refractivity contribution is -0.119. The summed E-state index contributed by atoms with van der Waals surface area (Å²) in [5.41, 5.74) is 2.05. The zero-order valence-corrected chi connectivity index (χ0v) is 18.4. The van der Waals surface area contributed by atoms with Gasteiger partial charge in [0.15, 0.2) is 11.6 Å². The Labute approximate surface area is 181 Å². The van der Waals surface area contributed by atoms with Gasteiger partial charge in [-0.3, -0.25) is 4.79 Å². The van der Waals surface area contributed by atoms with Crippen LogP contribution in [0.2, 0.25) is 0 Å². The highest BCUT2D eigenvalue weighted by Crippen LogP contribution is 2.55. The summed E-state index contributed by atoms with van der Waals surface area (Å²) in [7, 11) is -3.73. The Hall–Kier alpha value is -2.39. The molecule has 0 amide bonds. The molecule has 1 spiro atoms. The molecule has 164 valence electrons. The topological polar surface area (TPSA) is 91.2 Å². The molecule has 0 aromatic heterocycles. The van der Waals surface area contributed by atoms with E-state index in [0.29, 0.717) is 25.8 Å². The van der Waals surface area contributed by atoms with Gasteiger partial charge in [0.2, 0.25) is 10.0 Å². The van der Waals surface area contributed by atoms with Gasteiger partial charge >= 0.3 is 0 Å². The average molecular weight is 445 g/mol. The molecule has 7 nitrogen and oxygen atoms in total. The van der Waals surface area contributed by atoms with E-state index >= 15 is 0 Å². The fourth-order valence-corrected chi connectivity index (χ4v) is 6.92. The maximum Gasteiger partial charge on any atom is 0.243 e. The molecule has 3 heterocycles. The lowest BCUT2D eigenvalue weighted by Gasteiger charge is -2.48. The summed E-state index contributed by atoms with van der Waals surface area (Å²) >= 11 is 0. The van der Waals surface area contributed by atoms with Crippen LogP contribution in [0.3, 0.4) is 0 Å². The fraction of sp³-hybridized carbons (Fsp3) is 0.500. The van der Waals surface area contributed by atoms with E-state index in [1.165, 1.54) is 16.4 Å². The van der Waals surface area contributed by atoms with Crippen molar-refractivity contribution in [1.29, 1.82) is 0 Å². The van der Waals surface area contributed by atoms with Crippen molar-refractivity contribution in [3.8, 4) is 0 Å². The van der Waals surface area contributed by atoms with Crippen LogP contribution in [-0.4, -0.2) is 38.1 Å². The molecule has 9 heteroatoms. The number of carbonyl (C=O) groups excluding carboxylic acids is 1. The van der Waals surface area contributed by atoms with Crippen molar-refractivity contribution in [1.82, 2.24) is 9.62 Å². The number of nitrogens with one attached hydrogen (secondary N) is 1. The number of allylic oxidation sites excluding steroid dienone is 2. The zero-order chi connectivity index (χ0) is 22.0. The zero-order valence-electron chi connectivity index (χ0n) is 17.6. The van der Waals surface area contributed by atoms with Crippen molar-refractivity contribution in [2.24, 2.45) is 21.1 Å². The number of sulfonamides is 1. The number of rotatable bonds is 2. The number of ketones is 1. The third kappa shape index (κ3) is 3.17. The highest BCUT2D eigenvalue weighted by atomic mass is 32.2. The number of azo groups is 1. The maximum atomic E-state index is 13.3. The Morgan fingerprint density at radius 2 is 1.77 bits per heavy atom. The van der Waals surface area contributed by atoms with Gasteiger partial charge in [-0.2, -0.15) is 9.42 Å². The summed E-state index contributed by atoms with van der Waals surface area (Å²) in [4.78, 5) is 13.4. The number of fused-ring (bicyclic) bond motifs is 2. The van der Waals surface area contributed by atoms with Crippen LogP contribution in [0.15, 0.2) is 62.1 Å². The first-order chi connectivity index (χ1) is 14.6. The van der Waals surface area contributed by atoms with Crippen LogP contribution in [0.5, 0.6) is 0 Å². The summed E-state index contributed by atoms with van der Waals surface area (Å²) in [5, 5.41) is 11.8. The van der Waals surface area contributed by atoms with Gasteiger partial charge < -0.3 is 5.32 Å². The molecule has 0 bridgehead atoms. The minimum absolute atomic E-state index is 0.0799. The second-order valence-corrected chi connectivity index (χ2v) is 11.5. The first-order valence-corrected chi connectivity index (χ1v) is 12.0. The molecule has 1 fully saturated rings. The molecule has 0 atom stereocenters. The lowest BCUT2D eigenvalue weighted by atomic mass is 9.60. The summed E-state index contributed by atoms with van der Waals surface area (Å²) in [6.45, 7) is 5.16. The minimum Gasteiger partial charge on any atom is -0.342 e. The third-order valence-electron chi connectivity index (χ3n) is 6.91. The molecular weight excluding hydrogens is 419 g/mol. The molecule has 1 saturated heterocycles. The lowest BCUT2D eigenvalue weighted by Crippen LogP contribution is -2.50. The standard InChI is InChI=1S/C22H25FN4O3S/c1-21(2)11-17-19(18(28)12-21)22(16-13-24-26-20(16)25-17)7-9-27(10-8-22)31(29,30)15-5-3-14(23)4-6-15/h3-6,25H,7-13H2,1-2H3. The van der Waals surface area contributed by atoms with Gasteiger partial charge in [0, 0.05) is 41.8 Å². The first-order valence-electron chi connectivity index (χ1n) is 10.5. The highest BCUT2D eigenvalue weighted by molar-refractivity contribution is 7.89. The van der Waals surface area contributed by atoms with Crippen LogP contribution in [0.4, 0.5) is 4.39 Å². The summed E-state index contributed by atoms with van der Waals surface area (Å²) in [6, 6.07) is 4.90. The number of benzene rings is 1. The van der Waals surface area contributed by atoms with Crippen LogP contribution >= 0.6 is 0 Å². The van der Waals surface area contributed by atoms with E-state index in [1.807, 2.05) is 0 Å². The van der Waals surface area contributed by atoms with E-state index in [0.717, 1.165) is 41.2 Å². The summed E-state index contributed by atoms with van der Waals surface area (Å²) in [6.07, 6.45) is 2.23. The number of Topliss-reactive ketones (excluding diaryl/α,β-unsaturated/α-hetero) is 1. The Morgan fingerprint density at radius 1 is 1.10 bits per heavy atom. The van der Waals surface area contributed by atoms with E-state index in [9.17, 15) is 17.6 Å². The molecular formula is C22H25FN4O3S. The Bertz CT molecular complexity index is 1160. The smallest absolute Gasteiger partial charge is 0.243 e. The van der Waals surface area contributed by atoms with Gasteiger partial charge in [-0.25, -0.2) is 12.8 Å². The van der Waals surface area contributed by atoms with Gasteiger partial charge in [0.1, 0.15) is 5.82 Å². The quantitative estimate of drug-likeness (QED) is 0.756. The van der Waals surface area contributed by atoms with Crippen molar-refractivity contribution in [2.45, 2.75) is 44.4 Å². The van der Waals surface area contributed by atoms with Crippen molar-refractivity contribution in [3.63, 3.8) is 0 Å². The molecule has 0 saturated carbocycles. The van der Waals surface area contributed by atoms with Crippen LogP contribution in [0.25, 0.3) is 0 Å². The Morgan fingerprint density at radius 3 is 2.45 bits per heavy atom. The molecule has 31 heavy (non-hydrogen) atoms. The van der Waals surface area contributed by atoms with Gasteiger partial charge in [-0.15, -0.1) is 5.11 Å². The second kappa shape index (κ2) is 6.80. The largest absolute Gasteiger partial charge is 0.342 e. The van der Waals surface area contributed by atoms with E-state index in [-0.39, 0.29) is 29.2 Å². The second-order valence-electron chi connectivity index (χ2n) is 9.59. The first kappa shape index (κ1) is 20.5. The van der Waals surface area contributed by atoms with E-state index in [2.05, 4.69) is 29.4 Å². The predicted octanol–water partition coefficient (Wildman–Crippen LogP) is 3.52. The number of hydrogen-bond acceptors (Lipinski definition) is 6. The van der Waals surface area contributed by atoms with Crippen LogP contribution < -0.4 is 5.32 Å². The Kier molecular flexibility index (Phi) is 4.50. The molecule has 0 unspecified atom stereocenters. The predicted molar refractivity (Wildman–Crippen MR) is 112 cm³/mol. The molecule has 4 aliphatic rings. The van der Waals surface area contributed by atoms with Gasteiger partial charge in [-0.1, -0.05) is 13.8 Å². The molecule has 0 radical (unpaired) electrons. The third-order valence-corrected chi connectivity index (χ3v) is 8.83. The molecule has 1 aromatic carbocycles. The number of piperidine rings is 1. The fourth-order valence-electron chi connectivity index (χ4n) is 5.48. The molecule has 1 aliphatic carbocycles. The van der Waals surface area contributed by atoms with Crippen LogP contribution in [0, 0.1) is 16.6 Å². The number of carbonyl (C=O) groups is 1. The summed E-state index contributed by atoms with van der Waals surface area (Å²) in [5.74, 6) is 0.379. The van der Waals surface area contributed by atoms with Crippen LogP contribution in [-0.2, 0) is 14.8 Å². The van der Waals surface area contributed by atoms with Gasteiger partial charge in [-0.05, 0) is 48.9 Å². The van der Waals surface area contributed by atoms with E-state index in [1.54, 1.807) is 0 Å². The SMILES string of the molecule is CC1(C)CC(=O)C2=C(C1)NC1=C(CN=N1)C21CCN(S(=O)(=O)c2ccc(F)cc2)CC1. The van der Waals surface area contributed by atoms with E-state index in [4.69, 9.17) is 0 Å². The van der Waals surface area contributed by atoms with Crippen molar-refractivity contribution in [3.05, 3.63) is 52.7 Å². The molecule has 3 aliphatic heterocycles. The monoisotopic (exact) mass is 444 g/mol. The van der Waals surface area contributed by atoms with Crippen molar-refractivity contribution < 1.29 is 17.6 Å². The maximum absolute atomic E-state index is 13.3. The number of hydrogen-bond donors (Lipinski definition) is 1.